The monoisotopic (exact) mass is 322 g/mol. The second kappa shape index (κ2) is 5.80. The van der Waals surface area contributed by atoms with E-state index in [0.717, 1.165) is 12.8 Å². The molecule has 1 aliphatic carbocycles. The summed E-state index contributed by atoms with van der Waals surface area (Å²) in [6.45, 7) is 4.03. The lowest BCUT2D eigenvalue weighted by Gasteiger charge is -2.35. The van der Waals surface area contributed by atoms with Gasteiger partial charge in [0.15, 0.2) is 0 Å². The average Bonchev–Trinajstić information content (AvgIpc) is 3.34. The Bertz CT molecular complexity index is 620. The Hall–Kier alpha value is -1.75. The van der Waals surface area contributed by atoms with Gasteiger partial charge >= 0.3 is 0 Å². The molecule has 1 saturated carbocycles. The van der Waals surface area contributed by atoms with Crippen molar-refractivity contribution in [3.05, 3.63) is 28.3 Å². The van der Waals surface area contributed by atoms with Crippen LogP contribution in [-0.2, 0) is 4.79 Å². The van der Waals surface area contributed by atoms with E-state index in [2.05, 4.69) is 0 Å². The number of nitrogens with zero attached hydrogens (tertiary/aromatic N) is 2. The standard InChI is InChI=1S/C16H19ClN2O3/c1-10-8-14(20)13(17)9-12(10)16(22)19-6-4-18(5-7-19)15(21)11-2-3-11/h8-9,11,20H,2-7H2,1H3. The highest BCUT2D eigenvalue weighted by Crippen LogP contribution is 2.31. The van der Waals surface area contributed by atoms with Gasteiger partial charge in [0.05, 0.1) is 5.02 Å². The zero-order chi connectivity index (χ0) is 15.9. The highest BCUT2D eigenvalue weighted by Gasteiger charge is 2.35. The molecule has 6 heteroatoms. The first-order valence-corrected chi connectivity index (χ1v) is 7.92. The lowest BCUT2D eigenvalue weighted by atomic mass is 10.1. The number of aryl methyl sites for hydroxylation is 1. The van der Waals surface area contributed by atoms with Crippen molar-refractivity contribution in [2.24, 2.45) is 5.92 Å². The summed E-state index contributed by atoms with van der Waals surface area (Å²) in [5.41, 5.74) is 1.20. The summed E-state index contributed by atoms with van der Waals surface area (Å²) in [6.07, 6.45) is 2.01. The van der Waals surface area contributed by atoms with E-state index in [1.807, 2.05) is 4.90 Å². The minimum atomic E-state index is -0.0991. The summed E-state index contributed by atoms with van der Waals surface area (Å²) in [7, 11) is 0. The number of halogens is 1. The van der Waals surface area contributed by atoms with Gasteiger partial charge in [-0.3, -0.25) is 9.59 Å². The van der Waals surface area contributed by atoms with Gasteiger partial charge in [-0.05, 0) is 37.5 Å². The van der Waals surface area contributed by atoms with E-state index in [4.69, 9.17) is 11.6 Å². The fourth-order valence-corrected chi connectivity index (χ4v) is 2.95. The molecule has 5 nitrogen and oxygen atoms in total. The summed E-state index contributed by atoms with van der Waals surface area (Å²) in [4.78, 5) is 28.2. The van der Waals surface area contributed by atoms with Gasteiger partial charge in [-0.15, -0.1) is 0 Å². The topological polar surface area (TPSA) is 60.9 Å². The molecule has 0 atom stereocenters. The van der Waals surface area contributed by atoms with Crippen molar-refractivity contribution in [2.75, 3.05) is 26.2 Å². The van der Waals surface area contributed by atoms with Gasteiger partial charge < -0.3 is 14.9 Å². The Morgan fingerprint density at radius 2 is 1.73 bits per heavy atom. The zero-order valence-electron chi connectivity index (χ0n) is 12.5. The van der Waals surface area contributed by atoms with Crippen LogP contribution in [0.25, 0.3) is 0 Å². The molecule has 2 aliphatic rings. The summed E-state index contributed by atoms with van der Waals surface area (Å²) in [6, 6.07) is 3.01. The van der Waals surface area contributed by atoms with Gasteiger partial charge in [0, 0.05) is 37.7 Å². The lowest BCUT2D eigenvalue weighted by Crippen LogP contribution is -2.51. The Morgan fingerprint density at radius 1 is 1.14 bits per heavy atom. The quantitative estimate of drug-likeness (QED) is 0.906. The molecule has 22 heavy (non-hydrogen) atoms. The maximum absolute atomic E-state index is 12.6. The number of piperazine rings is 1. The molecule has 2 fully saturated rings. The first-order chi connectivity index (χ1) is 10.5. The molecule has 0 aromatic heterocycles. The fourth-order valence-electron chi connectivity index (χ4n) is 2.79. The third kappa shape index (κ3) is 2.90. The average molecular weight is 323 g/mol. The molecule has 1 aromatic rings. The highest BCUT2D eigenvalue weighted by atomic mass is 35.5. The van der Waals surface area contributed by atoms with Crippen LogP contribution in [0.15, 0.2) is 12.1 Å². The van der Waals surface area contributed by atoms with E-state index in [0.29, 0.717) is 37.3 Å². The number of carbonyl (C=O) groups excluding carboxylic acids is 2. The van der Waals surface area contributed by atoms with Crippen molar-refractivity contribution in [2.45, 2.75) is 19.8 Å². The molecule has 0 bridgehead atoms. The van der Waals surface area contributed by atoms with Crippen molar-refractivity contribution >= 4 is 23.4 Å². The molecule has 1 saturated heterocycles. The van der Waals surface area contributed by atoms with E-state index in [-0.39, 0.29) is 28.5 Å². The van der Waals surface area contributed by atoms with Gasteiger partial charge in [0.1, 0.15) is 5.75 Å². The molecule has 118 valence electrons. The number of amides is 2. The van der Waals surface area contributed by atoms with Crippen LogP contribution in [0.5, 0.6) is 5.75 Å². The zero-order valence-corrected chi connectivity index (χ0v) is 13.3. The van der Waals surface area contributed by atoms with E-state index in [1.165, 1.54) is 12.1 Å². The van der Waals surface area contributed by atoms with Gasteiger partial charge in [-0.1, -0.05) is 11.6 Å². The van der Waals surface area contributed by atoms with Crippen LogP contribution in [0, 0.1) is 12.8 Å². The molecule has 3 rings (SSSR count). The fraction of sp³-hybridized carbons (Fsp3) is 0.500. The first-order valence-electron chi connectivity index (χ1n) is 7.54. The Morgan fingerprint density at radius 3 is 2.32 bits per heavy atom. The predicted octanol–water partition coefficient (Wildman–Crippen LogP) is 2.05. The van der Waals surface area contributed by atoms with Crippen LogP contribution >= 0.6 is 11.6 Å². The molecule has 0 unspecified atom stereocenters. The van der Waals surface area contributed by atoms with Crippen LogP contribution in [-0.4, -0.2) is 52.9 Å². The van der Waals surface area contributed by atoms with Gasteiger partial charge in [0.2, 0.25) is 5.91 Å². The number of benzene rings is 1. The van der Waals surface area contributed by atoms with Crippen molar-refractivity contribution < 1.29 is 14.7 Å². The van der Waals surface area contributed by atoms with Crippen molar-refractivity contribution in [1.82, 2.24) is 9.80 Å². The minimum absolute atomic E-state index is 0.0180. The number of rotatable bonds is 2. The summed E-state index contributed by atoms with van der Waals surface area (Å²) < 4.78 is 0. The van der Waals surface area contributed by atoms with E-state index in [9.17, 15) is 14.7 Å². The molecule has 2 amide bonds. The molecule has 1 heterocycles. The first kappa shape index (κ1) is 15.2. The largest absolute Gasteiger partial charge is 0.506 e. The van der Waals surface area contributed by atoms with Crippen molar-refractivity contribution in [3.8, 4) is 5.75 Å². The second-order valence-electron chi connectivity index (χ2n) is 6.01. The van der Waals surface area contributed by atoms with Crippen molar-refractivity contribution in [3.63, 3.8) is 0 Å². The van der Waals surface area contributed by atoms with E-state index in [1.54, 1.807) is 11.8 Å². The van der Waals surface area contributed by atoms with Gasteiger partial charge in [-0.25, -0.2) is 0 Å². The molecule has 1 N–H and O–H groups in total. The predicted molar refractivity (Wildman–Crippen MR) is 83.1 cm³/mol. The SMILES string of the molecule is Cc1cc(O)c(Cl)cc1C(=O)N1CCN(C(=O)C2CC2)CC1. The number of hydrogen-bond donors (Lipinski definition) is 1. The molecule has 1 aromatic carbocycles. The van der Waals surface area contributed by atoms with Crippen LogP contribution in [0.2, 0.25) is 5.02 Å². The Labute approximate surface area is 134 Å². The number of phenolic OH excluding ortho intramolecular Hbond substituents is 1. The van der Waals surface area contributed by atoms with Crippen LogP contribution < -0.4 is 0 Å². The van der Waals surface area contributed by atoms with Gasteiger partial charge in [0.25, 0.3) is 5.91 Å². The van der Waals surface area contributed by atoms with Gasteiger partial charge in [-0.2, -0.15) is 0 Å². The second-order valence-corrected chi connectivity index (χ2v) is 6.42. The smallest absolute Gasteiger partial charge is 0.254 e. The van der Waals surface area contributed by atoms with Crippen LogP contribution in [0.4, 0.5) is 0 Å². The third-order valence-electron chi connectivity index (χ3n) is 4.33. The molecule has 1 aliphatic heterocycles. The summed E-state index contributed by atoms with van der Waals surface area (Å²) in [5, 5.41) is 9.75. The third-order valence-corrected chi connectivity index (χ3v) is 4.63. The van der Waals surface area contributed by atoms with Crippen molar-refractivity contribution in [1.29, 1.82) is 0 Å². The number of hydrogen-bond acceptors (Lipinski definition) is 3. The normalized spacial score (nSPS) is 18.5. The highest BCUT2D eigenvalue weighted by molar-refractivity contribution is 6.32. The van der Waals surface area contributed by atoms with E-state index >= 15 is 0 Å². The Balaban J connectivity index is 1.67. The number of aromatic hydroxyl groups is 1. The van der Waals surface area contributed by atoms with Crippen LogP contribution in [0.1, 0.15) is 28.8 Å². The lowest BCUT2D eigenvalue weighted by molar-refractivity contribution is -0.134. The van der Waals surface area contributed by atoms with E-state index < -0.39 is 0 Å². The molecule has 0 radical (unpaired) electrons. The maximum atomic E-state index is 12.6. The molecular weight excluding hydrogens is 304 g/mol. The Kier molecular flexibility index (Phi) is 4.00. The maximum Gasteiger partial charge on any atom is 0.254 e. The summed E-state index contributed by atoms with van der Waals surface area (Å²) >= 11 is 5.90. The van der Waals surface area contributed by atoms with Crippen LogP contribution in [0.3, 0.4) is 0 Å². The molecular formula is C16H19ClN2O3. The minimum Gasteiger partial charge on any atom is -0.506 e. The number of phenols is 1. The molecule has 0 spiro atoms. The number of carbonyl (C=O) groups is 2. The summed E-state index contributed by atoms with van der Waals surface area (Å²) in [5.74, 6) is 0.338.